The molecule has 0 unspecified atom stereocenters. The molecule has 0 aromatic heterocycles. The van der Waals surface area contributed by atoms with E-state index in [1.165, 1.54) is 6.07 Å². The van der Waals surface area contributed by atoms with Crippen molar-refractivity contribution in [2.75, 3.05) is 14.2 Å². The lowest BCUT2D eigenvalue weighted by Crippen LogP contribution is -2.24. The van der Waals surface area contributed by atoms with Crippen molar-refractivity contribution in [2.24, 2.45) is 0 Å². The minimum Gasteiger partial charge on any atom is -0.497 e. The van der Waals surface area contributed by atoms with Crippen LogP contribution >= 0.6 is 15.9 Å². The fourth-order valence-electron chi connectivity index (χ4n) is 2.07. The molecule has 1 amide bonds. The maximum absolute atomic E-state index is 13.2. The van der Waals surface area contributed by atoms with Crippen LogP contribution in [-0.2, 0) is 17.8 Å². The van der Waals surface area contributed by atoms with Crippen LogP contribution in [-0.4, -0.2) is 20.1 Å². The van der Waals surface area contributed by atoms with Gasteiger partial charge in [0, 0.05) is 12.6 Å². The van der Waals surface area contributed by atoms with Crippen molar-refractivity contribution in [1.29, 1.82) is 0 Å². The summed E-state index contributed by atoms with van der Waals surface area (Å²) in [5, 5.41) is 2.83. The number of hydrogen-bond donors (Lipinski definition) is 1. The highest BCUT2D eigenvalue weighted by Gasteiger charge is 2.07. The van der Waals surface area contributed by atoms with E-state index < -0.39 is 0 Å². The number of nitrogens with one attached hydrogen (secondary N) is 1. The molecule has 0 radical (unpaired) electrons. The molecule has 0 aliphatic carbocycles. The smallest absolute Gasteiger partial charge is 0.224 e. The molecule has 2 aromatic carbocycles. The van der Waals surface area contributed by atoms with Gasteiger partial charge in [0.1, 0.15) is 17.3 Å². The number of methoxy groups -OCH3 is 2. The maximum Gasteiger partial charge on any atom is 0.224 e. The second-order valence-corrected chi connectivity index (χ2v) is 5.78. The van der Waals surface area contributed by atoms with E-state index in [1.54, 1.807) is 32.4 Å². The molecule has 23 heavy (non-hydrogen) atoms. The van der Waals surface area contributed by atoms with Crippen molar-refractivity contribution in [3.8, 4) is 11.5 Å². The highest BCUT2D eigenvalue weighted by molar-refractivity contribution is 9.10. The summed E-state index contributed by atoms with van der Waals surface area (Å²) < 4.78 is 23.9. The highest BCUT2D eigenvalue weighted by atomic mass is 79.9. The number of amides is 1. The third-order valence-electron chi connectivity index (χ3n) is 3.25. The fourth-order valence-corrected chi connectivity index (χ4v) is 2.49. The molecular weight excluding hydrogens is 365 g/mol. The van der Waals surface area contributed by atoms with Gasteiger partial charge in [-0.1, -0.05) is 6.07 Å². The fraction of sp³-hybridized carbons (Fsp3) is 0.235. The number of rotatable bonds is 6. The van der Waals surface area contributed by atoms with E-state index in [0.29, 0.717) is 22.5 Å². The second kappa shape index (κ2) is 7.97. The van der Waals surface area contributed by atoms with E-state index in [9.17, 15) is 9.18 Å². The standard InChI is InChI=1S/C17H17BrFNO3/c1-22-13-5-12(6-14(9-13)23-2)10-20-17(21)8-11-3-4-16(19)15(18)7-11/h3-7,9H,8,10H2,1-2H3,(H,20,21). The normalized spacial score (nSPS) is 10.3. The van der Waals surface area contributed by atoms with Crippen molar-refractivity contribution in [3.05, 3.63) is 57.8 Å². The van der Waals surface area contributed by atoms with E-state index in [0.717, 1.165) is 11.1 Å². The summed E-state index contributed by atoms with van der Waals surface area (Å²) >= 11 is 3.11. The average Bonchev–Trinajstić information content (AvgIpc) is 2.56. The molecule has 1 N–H and O–H groups in total. The lowest BCUT2D eigenvalue weighted by atomic mass is 10.1. The Bertz CT molecular complexity index is 684. The average molecular weight is 382 g/mol. The van der Waals surface area contributed by atoms with E-state index in [-0.39, 0.29) is 18.1 Å². The molecule has 0 fully saturated rings. The van der Waals surface area contributed by atoms with Crippen LogP contribution in [0.25, 0.3) is 0 Å². The summed E-state index contributed by atoms with van der Waals surface area (Å²) in [7, 11) is 3.15. The van der Waals surface area contributed by atoms with Crippen LogP contribution in [0.4, 0.5) is 4.39 Å². The van der Waals surface area contributed by atoms with Crippen LogP contribution in [0.15, 0.2) is 40.9 Å². The molecule has 0 spiro atoms. The highest BCUT2D eigenvalue weighted by Crippen LogP contribution is 2.22. The molecule has 0 aliphatic rings. The van der Waals surface area contributed by atoms with Crippen LogP contribution < -0.4 is 14.8 Å². The third-order valence-corrected chi connectivity index (χ3v) is 3.86. The van der Waals surface area contributed by atoms with Gasteiger partial charge in [0.2, 0.25) is 5.91 Å². The van der Waals surface area contributed by atoms with Crippen molar-refractivity contribution in [2.45, 2.75) is 13.0 Å². The van der Waals surface area contributed by atoms with Gasteiger partial charge >= 0.3 is 0 Å². The Balaban J connectivity index is 1.97. The van der Waals surface area contributed by atoms with Gasteiger partial charge in [-0.3, -0.25) is 4.79 Å². The Hall–Kier alpha value is -2.08. The van der Waals surface area contributed by atoms with Crippen LogP contribution in [0.2, 0.25) is 0 Å². The summed E-state index contributed by atoms with van der Waals surface area (Å²) in [6, 6.07) is 9.95. The van der Waals surface area contributed by atoms with E-state index in [4.69, 9.17) is 9.47 Å². The first-order valence-electron chi connectivity index (χ1n) is 6.94. The quantitative estimate of drug-likeness (QED) is 0.833. The molecule has 6 heteroatoms. The summed E-state index contributed by atoms with van der Waals surface area (Å²) in [6.07, 6.45) is 0.181. The number of carbonyl (C=O) groups is 1. The molecule has 0 saturated carbocycles. The van der Waals surface area contributed by atoms with E-state index >= 15 is 0 Å². The van der Waals surface area contributed by atoms with Gasteiger partial charge in [0.25, 0.3) is 0 Å². The van der Waals surface area contributed by atoms with Gasteiger partial charge in [-0.25, -0.2) is 4.39 Å². The minimum atomic E-state index is -0.349. The first-order chi connectivity index (χ1) is 11.0. The molecule has 0 bridgehead atoms. The lowest BCUT2D eigenvalue weighted by Gasteiger charge is -2.10. The van der Waals surface area contributed by atoms with Gasteiger partial charge in [-0.15, -0.1) is 0 Å². The molecule has 4 nitrogen and oxygen atoms in total. The molecule has 2 rings (SSSR count). The molecule has 0 saturated heterocycles. The van der Waals surface area contributed by atoms with E-state index in [1.807, 2.05) is 12.1 Å². The maximum atomic E-state index is 13.2. The topological polar surface area (TPSA) is 47.6 Å². The van der Waals surface area contributed by atoms with Crippen LogP contribution in [0.3, 0.4) is 0 Å². The van der Waals surface area contributed by atoms with Gasteiger partial charge in [-0.05, 0) is 51.3 Å². The van der Waals surface area contributed by atoms with E-state index in [2.05, 4.69) is 21.2 Å². The van der Waals surface area contributed by atoms with Gasteiger partial charge < -0.3 is 14.8 Å². The second-order valence-electron chi connectivity index (χ2n) is 4.92. The summed E-state index contributed by atoms with van der Waals surface area (Å²) in [5.41, 5.74) is 1.61. The molecule has 2 aromatic rings. The number of ether oxygens (including phenoxy) is 2. The first-order valence-corrected chi connectivity index (χ1v) is 7.73. The molecule has 122 valence electrons. The van der Waals surface area contributed by atoms with Crippen molar-refractivity contribution >= 4 is 21.8 Å². The van der Waals surface area contributed by atoms with Crippen LogP contribution in [0, 0.1) is 5.82 Å². The largest absolute Gasteiger partial charge is 0.497 e. The Morgan fingerprint density at radius 3 is 2.30 bits per heavy atom. The molecule has 0 heterocycles. The summed E-state index contributed by atoms with van der Waals surface area (Å²) in [4.78, 5) is 12.0. The summed E-state index contributed by atoms with van der Waals surface area (Å²) in [6.45, 7) is 0.356. The predicted octanol–water partition coefficient (Wildman–Crippen LogP) is 3.46. The minimum absolute atomic E-state index is 0.148. The van der Waals surface area contributed by atoms with Gasteiger partial charge in [0.15, 0.2) is 0 Å². The number of benzene rings is 2. The monoisotopic (exact) mass is 381 g/mol. The SMILES string of the molecule is COc1cc(CNC(=O)Cc2ccc(F)c(Br)c2)cc(OC)c1. The lowest BCUT2D eigenvalue weighted by molar-refractivity contribution is -0.120. The first kappa shape index (κ1) is 17.3. The molecular formula is C17H17BrFNO3. The van der Waals surface area contributed by atoms with Crippen molar-refractivity contribution < 1.29 is 18.7 Å². The summed E-state index contributed by atoms with van der Waals surface area (Å²) in [5.74, 6) is 0.829. The van der Waals surface area contributed by atoms with Crippen molar-refractivity contribution in [1.82, 2.24) is 5.32 Å². The predicted molar refractivity (Wildman–Crippen MR) is 89.2 cm³/mol. The number of halogens is 2. The van der Waals surface area contributed by atoms with Gasteiger partial charge in [0.05, 0.1) is 25.1 Å². The third kappa shape index (κ3) is 4.96. The van der Waals surface area contributed by atoms with Crippen molar-refractivity contribution in [3.63, 3.8) is 0 Å². The number of carbonyl (C=O) groups excluding carboxylic acids is 1. The van der Waals surface area contributed by atoms with Crippen LogP contribution in [0.1, 0.15) is 11.1 Å². The molecule has 0 aliphatic heterocycles. The Labute approximate surface area is 142 Å². The van der Waals surface area contributed by atoms with Crippen LogP contribution in [0.5, 0.6) is 11.5 Å². The Morgan fingerprint density at radius 2 is 1.74 bits per heavy atom. The zero-order valence-electron chi connectivity index (χ0n) is 12.9. The Morgan fingerprint density at radius 1 is 1.09 bits per heavy atom. The Kier molecular flexibility index (Phi) is 5.98. The zero-order chi connectivity index (χ0) is 16.8. The zero-order valence-corrected chi connectivity index (χ0v) is 14.4. The number of hydrogen-bond acceptors (Lipinski definition) is 3. The molecule has 0 atom stereocenters. The van der Waals surface area contributed by atoms with Gasteiger partial charge in [-0.2, -0.15) is 0 Å².